The highest BCUT2D eigenvalue weighted by Gasteiger charge is 2.23. The van der Waals surface area contributed by atoms with Crippen molar-refractivity contribution in [1.82, 2.24) is 0 Å². The molecule has 0 bridgehead atoms. The smallest absolute Gasteiger partial charge is 0.308 e. The zero-order valence-electron chi connectivity index (χ0n) is 7.80. The van der Waals surface area contributed by atoms with E-state index >= 15 is 0 Å². The van der Waals surface area contributed by atoms with Gasteiger partial charge in [0.25, 0.3) is 0 Å². The number of rotatable bonds is 1. The van der Waals surface area contributed by atoms with Gasteiger partial charge in [-0.05, 0) is 19.8 Å². The molecule has 0 aromatic carbocycles. The molecule has 0 spiro atoms. The fourth-order valence-electron chi connectivity index (χ4n) is 1.37. The molecule has 2 nitrogen and oxygen atoms in total. The van der Waals surface area contributed by atoms with E-state index in [4.69, 9.17) is 4.74 Å². The Bertz CT molecular complexity index is 196. The van der Waals surface area contributed by atoms with Crippen molar-refractivity contribution in [3.05, 3.63) is 12.2 Å². The summed E-state index contributed by atoms with van der Waals surface area (Å²) in [5.41, 5.74) is 1.12. The minimum Gasteiger partial charge on any atom is -0.465 e. The number of cyclic esters (lactones) is 1. The lowest BCUT2D eigenvalue weighted by Gasteiger charge is -2.11. The normalized spacial score (nSPS) is 30.7. The summed E-state index contributed by atoms with van der Waals surface area (Å²) in [5.74, 6) is 0.381. The molecule has 0 radical (unpaired) electrons. The molecule has 1 aliphatic rings. The minimum absolute atomic E-state index is 0.0567. The maximum Gasteiger partial charge on any atom is 0.308 e. The SMILES string of the molecule is C=C(C)[C@H]1CC[C@@H](C)C(=O)OC1. The van der Waals surface area contributed by atoms with Gasteiger partial charge in [-0.25, -0.2) is 0 Å². The molecule has 0 aromatic heterocycles. The highest BCUT2D eigenvalue weighted by atomic mass is 16.5. The molecular weight excluding hydrogens is 152 g/mol. The second-order valence-electron chi connectivity index (χ2n) is 3.65. The van der Waals surface area contributed by atoms with E-state index in [1.165, 1.54) is 0 Å². The minimum atomic E-state index is -0.0567. The number of esters is 1. The Balaban J connectivity index is 2.55. The number of ether oxygens (including phenoxy) is 1. The van der Waals surface area contributed by atoms with Crippen LogP contribution in [0.5, 0.6) is 0 Å². The highest BCUT2D eigenvalue weighted by molar-refractivity contribution is 5.72. The molecule has 2 heteroatoms. The van der Waals surface area contributed by atoms with Crippen molar-refractivity contribution in [3.63, 3.8) is 0 Å². The summed E-state index contributed by atoms with van der Waals surface area (Å²) in [6.45, 7) is 8.32. The van der Waals surface area contributed by atoms with Crippen molar-refractivity contribution in [1.29, 1.82) is 0 Å². The van der Waals surface area contributed by atoms with Gasteiger partial charge in [0.2, 0.25) is 0 Å². The molecule has 0 N–H and O–H groups in total. The van der Waals surface area contributed by atoms with Crippen molar-refractivity contribution in [2.75, 3.05) is 6.61 Å². The van der Waals surface area contributed by atoms with Crippen LogP contribution in [0.25, 0.3) is 0 Å². The monoisotopic (exact) mass is 168 g/mol. The summed E-state index contributed by atoms with van der Waals surface area (Å²) in [6, 6.07) is 0. The second-order valence-corrected chi connectivity index (χ2v) is 3.65. The van der Waals surface area contributed by atoms with Gasteiger partial charge in [-0.1, -0.05) is 19.1 Å². The topological polar surface area (TPSA) is 26.3 Å². The predicted octanol–water partition coefficient (Wildman–Crippen LogP) is 2.15. The molecule has 1 fully saturated rings. The van der Waals surface area contributed by atoms with E-state index in [0.29, 0.717) is 12.5 Å². The first-order valence-electron chi connectivity index (χ1n) is 4.43. The number of carbonyl (C=O) groups is 1. The van der Waals surface area contributed by atoms with E-state index in [1.54, 1.807) is 0 Å². The first-order valence-corrected chi connectivity index (χ1v) is 4.43. The Kier molecular flexibility index (Phi) is 2.90. The largest absolute Gasteiger partial charge is 0.465 e. The third kappa shape index (κ3) is 2.10. The van der Waals surface area contributed by atoms with Gasteiger partial charge >= 0.3 is 5.97 Å². The Hall–Kier alpha value is -0.790. The average Bonchev–Trinajstić information content (AvgIpc) is 2.16. The van der Waals surface area contributed by atoms with E-state index in [2.05, 4.69) is 6.58 Å². The van der Waals surface area contributed by atoms with Crippen molar-refractivity contribution in [2.45, 2.75) is 26.7 Å². The van der Waals surface area contributed by atoms with Gasteiger partial charge in [-0.15, -0.1) is 0 Å². The lowest BCUT2D eigenvalue weighted by atomic mass is 9.94. The van der Waals surface area contributed by atoms with Crippen LogP contribution in [-0.4, -0.2) is 12.6 Å². The van der Waals surface area contributed by atoms with E-state index in [9.17, 15) is 4.79 Å². The predicted molar refractivity (Wildman–Crippen MR) is 47.7 cm³/mol. The van der Waals surface area contributed by atoms with Crippen LogP contribution < -0.4 is 0 Å². The van der Waals surface area contributed by atoms with Gasteiger partial charge in [-0.3, -0.25) is 4.79 Å². The van der Waals surface area contributed by atoms with Gasteiger partial charge in [-0.2, -0.15) is 0 Å². The molecule has 0 aromatic rings. The van der Waals surface area contributed by atoms with Crippen LogP contribution in [0.15, 0.2) is 12.2 Å². The van der Waals surface area contributed by atoms with Crippen LogP contribution in [0.3, 0.4) is 0 Å². The van der Waals surface area contributed by atoms with Crippen LogP contribution in [0, 0.1) is 11.8 Å². The van der Waals surface area contributed by atoms with Crippen LogP contribution in [0.4, 0.5) is 0 Å². The molecule has 1 heterocycles. The lowest BCUT2D eigenvalue weighted by Crippen LogP contribution is -2.13. The molecule has 1 aliphatic heterocycles. The molecule has 2 atom stereocenters. The number of hydrogen-bond donors (Lipinski definition) is 0. The van der Waals surface area contributed by atoms with Crippen LogP contribution in [-0.2, 0) is 9.53 Å². The van der Waals surface area contributed by atoms with Crippen molar-refractivity contribution in [2.24, 2.45) is 11.8 Å². The summed E-state index contributed by atoms with van der Waals surface area (Å²) in [5, 5.41) is 0. The standard InChI is InChI=1S/C10H16O2/c1-7(2)9-5-4-8(3)10(11)12-6-9/h8-9H,1,4-6H2,2-3H3/t8-,9+/m1/s1. The quantitative estimate of drug-likeness (QED) is 0.443. The molecule has 0 unspecified atom stereocenters. The third-order valence-electron chi connectivity index (χ3n) is 2.47. The molecule has 0 aliphatic carbocycles. The highest BCUT2D eigenvalue weighted by Crippen LogP contribution is 2.23. The molecule has 12 heavy (non-hydrogen) atoms. The van der Waals surface area contributed by atoms with E-state index in [-0.39, 0.29) is 11.9 Å². The number of hydrogen-bond acceptors (Lipinski definition) is 2. The van der Waals surface area contributed by atoms with Gasteiger partial charge < -0.3 is 4.74 Å². The molecule has 1 saturated heterocycles. The van der Waals surface area contributed by atoms with E-state index < -0.39 is 0 Å². The Morgan fingerprint density at radius 1 is 1.58 bits per heavy atom. The van der Waals surface area contributed by atoms with E-state index in [0.717, 1.165) is 18.4 Å². The first kappa shape index (κ1) is 9.30. The molecule has 68 valence electrons. The molecule has 0 saturated carbocycles. The van der Waals surface area contributed by atoms with Crippen molar-refractivity contribution >= 4 is 5.97 Å². The second kappa shape index (κ2) is 3.74. The van der Waals surface area contributed by atoms with E-state index in [1.807, 2.05) is 13.8 Å². The summed E-state index contributed by atoms with van der Waals surface area (Å²) in [7, 11) is 0. The maximum atomic E-state index is 11.1. The van der Waals surface area contributed by atoms with Crippen LogP contribution in [0.1, 0.15) is 26.7 Å². The Labute approximate surface area is 73.6 Å². The zero-order valence-corrected chi connectivity index (χ0v) is 7.80. The van der Waals surface area contributed by atoms with Gasteiger partial charge in [0, 0.05) is 5.92 Å². The fourth-order valence-corrected chi connectivity index (χ4v) is 1.37. The number of carbonyl (C=O) groups excluding carboxylic acids is 1. The molecular formula is C10H16O2. The van der Waals surface area contributed by atoms with Gasteiger partial charge in [0.15, 0.2) is 0 Å². The first-order chi connectivity index (χ1) is 5.61. The Morgan fingerprint density at radius 2 is 2.25 bits per heavy atom. The fraction of sp³-hybridized carbons (Fsp3) is 0.700. The summed E-state index contributed by atoms with van der Waals surface area (Å²) < 4.78 is 5.09. The van der Waals surface area contributed by atoms with Crippen molar-refractivity contribution < 1.29 is 9.53 Å². The maximum absolute atomic E-state index is 11.1. The Morgan fingerprint density at radius 3 is 2.83 bits per heavy atom. The molecule has 0 amide bonds. The zero-order chi connectivity index (χ0) is 9.14. The van der Waals surface area contributed by atoms with Gasteiger partial charge in [0.1, 0.15) is 0 Å². The summed E-state index contributed by atoms with van der Waals surface area (Å²) in [6.07, 6.45) is 1.96. The summed E-state index contributed by atoms with van der Waals surface area (Å²) >= 11 is 0. The third-order valence-corrected chi connectivity index (χ3v) is 2.47. The summed E-state index contributed by atoms with van der Waals surface area (Å²) in [4.78, 5) is 11.1. The average molecular weight is 168 g/mol. The van der Waals surface area contributed by atoms with Crippen LogP contribution >= 0.6 is 0 Å². The van der Waals surface area contributed by atoms with Crippen LogP contribution in [0.2, 0.25) is 0 Å². The molecule has 1 rings (SSSR count). The van der Waals surface area contributed by atoms with Gasteiger partial charge in [0.05, 0.1) is 12.5 Å². The van der Waals surface area contributed by atoms with Crippen molar-refractivity contribution in [3.8, 4) is 0 Å². The lowest BCUT2D eigenvalue weighted by molar-refractivity contribution is -0.147.